The Morgan fingerprint density at radius 3 is 3.05 bits per heavy atom. The Hall–Kier alpha value is -2.23. The van der Waals surface area contributed by atoms with Crippen LogP contribution in [-0.4, -0.2) is 12.5 Å². The highest BCUT2D eigenvalue weighted by atomic mass is 16.3. The monoisotopic (exact) mass is 270 g/mol. The molecule has 0 fully saturated rings. The van der Waals surface area contributed by atoms with E-state index in [2.05, 4.69) is 6.07 Å². The molecule has 0 spiro atoms. The van der Waals surface area contributed by atoms with Crippen molar-refractivity contribution < 1.29 is 9.21 Å². The largest absolute Gasteiger partial charge is 0.469 e. The molecular formula is C16H18N2O2. The molecule has 104 valence electrons. The number of nitrogens with two attached hydrogens (primary N) is 1. The summed E-state index contributed by atoms with van der Waals surface area (Å²) in [6, 6.07) is 7.74. The van der Waals surface area contributed by atoms with Gasteiger partial charge in [-0.05, 0) is 42.7 Å². The summed E-state index contributed by atoms with van der Waals surface area (Å²) in [5.74, 6) is 0.976. The van der Waals surface area contributed by atoms with E-state index in [4.69, 9.17) is 10.2 Å². The predicted octanol–water partition coefficient (Wildman–Crippen LogP) is 2.69. The van der Waals surface area contributed by atoms with E-state index < -0.39 is 0 Å². The lowest BCUT2D eigenvalue weighted by Crippen LogP contribution is -2.29. The molecule has 2 heterocycles. The first-order valence-corrected chi connectivity index (χ1v) is 6.87. The number of carbonyl (C=O) groups excluding carboxylic acids is 1. The number of nitrogens with zero attached hydrogens (tertiary/aromatic N) is 1. The second-order valence-corrected chi connectivity index (χ2v) is 5.21. The molecule has 1 amide bonds. The zero-order valence-corrected chi connectivity index (χ0v) is 11.6. The molecule has 1 aromatic carbocycles. The van der Waals surface area contributed by atoms with Gasteiger partial charge in [0, 0.05) is 30.8 Å². The number of rotatable bonds is 3. The first-order chi connectivity index (χ1) is 9.65. The van der Waals surface area contributed by atoms with E-state index in [1.807, 2.05) is 30.0 Å². The highest BCUT2D eigenvalue weighted by Gasteiger charge is 2.25. The van der Waals surface area contributed by atoms with Crippen molar-refractivity contribution in [3.8, 4) is 0 Å². The Bertz CT molecular complexity index is 632. The third-order valence-corrected chi connectivity index (χ3v) is 3.83. The summed E-state index contributed by atoms with van der Waals surface area (Å²) in [7, 11) is 0. The summed E-state index contributed by atoms with van der Waals surface area (Å²) < 4.78 is 5.26. The summed E-state index contributed by atoms with van der Waals surface area (Å²) in [6.45, 7) is 2.74. The van der Waals surface area contributed by atoms with Gasteiger partial charge in [0.15, 0.2) is 0 Å². The third kappa shape index (κ3) is 2.29. The van der Waals surface area contributed by atoms with E-state index in [0.717, 1.165) is 35.7 Å². The van der Waals surface area contributed by atoms with Gasteiger partial charge in [-0.2, -0.15) is 0 Å². The molecule has 1 aliphatic rings. The maximum Gasteiger partial charge on any atom is 0.227 e. The number of anilines is 2. The third-order valence-electron chi connectivity index (χ3n) is 3.83. The predicted molar refractivity (Wildman–Crippen MR) is 78.7 cm³/mol. The van der Waals surface area contributed by atoms with Gasteiger partial charge in [0.2, 0.25) is 5.91 Å². The van der Waals surface area contributed by atoms with Crippen LogP contribution in [0.1, 0.15) is 23.3 Å². The van der Waals surface area contributed by atoms with Crippen LogP contribution >= 0.6 is 0 Å². The number of amides is 1. The Labute approximate surface area is 118 Å². The minimum atomic E-state index is 0.128. The van der Waals surface area contributed by atoms with Gasteiger partial charge in [-0.15, -0.1) is 0 Å². The van der Waals surface area contributed by atoms with Crippen LogP contribution in [0.4, 0.5) is 11.4 Å². The fourth-order valence-electron chi connectivity index (χ4n) is 2.66. The molecular weight excluding hydrogens is 252 g/mol. The average molecular weight is 270 g/mol. The van der Waals surface area contributed by atoms with Gasteiger partial charge < -0.3 is 15.1 Å². The smallest absolute Gasteiger partial charge is 0.227 e. The molecule has 20 heavy (non-hydrogen) atoms. The van der Waals surface area contributed by atoms with Crippen LogP contribution in [0.25, 0.3) is 0 Å². The fraction of sp³-hybridized carbons (Fsp3) is 0.312. The molecule has 0 aliphatic carbocycles. The second kappa shape index (κ2) is 5.04. The van der Waals surface area contributed by atoms with Crippen LogP contribution in [0, 0.1) is 6.92 Å². The molecule has 0 unspecified atom stereocenters. The Balaban J connectivity index is 1.73. The lowest BCUT2D eigenvalue weighted by molar-refractivity contribution is -0.118. The zero-order valence-electron chi connectivity index (χ0n) is 11.6. The number of benzene rings is 1. The molecule has 0 saturated carbocycles. The van der Waals surface area contributed by atoms with E-state index in [9.17, 15) is 4.79 Å². The van der Waals surface area contributed by atoms with E-state index in [0.29, 0.717) is 12.8 Å². The maximum absolute atomic E-state index is 12.3. The molecule has 2 N–H and O–H groups in total. The van der Waals surface area contributed by atoms with E-state index in [1.165, 1.54) is 5.56 Å². The van der Waals surface area contributed by atoms with Crippen molar-refractivity contribution in [1.82, 2.24) is 0 Å². The van der Waals surface area contributed by atoms with Gasteiger partial charge >= 0.3 is 0 Å². The molecule has 0 bridgehead atoms. The molecule has 0 radical (unpaired) electrons. The van der Waals surface area contributed by atoms with Crippen molar-refractivity contribution in [2.45, 2.75) is 26.2 Å². The molecule has 3 rings (SSSR count). The van der Waals surface area contributed by atoms with Crippen LogP contribution in [0.2, 0.25) is 0 Å². The SMILES string of the molecule is Cc1cc2c(cc1N)N(C(=O)CCc1ccco1)CC2. The fourth-order valence-corrected chi connectivity index (χ4v) is 2.66. The number of nitrogen functional groups attached to an aromatic ring is 1. The highest BCUT2D eigenvalue weighted by molar-refractivity contribution is 5.96. The minimum Gasteiger partial charge on any atom is -0.469 e. The Morgan fingerprint density at radius 1 is 1.45 bits per heavy atom. The summed E-state index contributed by atoms with van der Waals surface area (Å²) in [5.41, 5.74) is 9.96. The van der Waals surface area contributed by atoms with Gasteiger partial charge in [-0.25, -0.2) is 0 Å². The van der Waals surface area contributed by atoms with Crippen LogP contribution in [-0.2, 0) is 17.6 Å². The van der Waals surface area contributed by atoms with Gasteiger partial charge in [-0.3, -0.25) is 4.79 Å². The van der Waals surface area contributed by atoms with Crippen molar-refractivity contribution >= 4 is 17.3 Å². The number of hydrogen-bond acceptors (Lipinski definition) is 3. The van der Waals surface area contributed by atoms with E-state index >= 15 is 0 Å². The standard InChI is InChI=1S/C16H18N2O2/c1-11-9-12-6-7-18(15(12)10-14(11)17)16(19)5-4-13-3-2-8-20-13/h2-3,8-10H,4-7,17H2,1H3. The average Bonchev–Trinajstić information content (AvgIpc) is 3.06. The Kier molecular flexibility index (Phi) is 3.22. The summed E-state index contributed by atoms with van der Waals surface area (Å²) >= 11 is 0. The first kappa shape index (κ1) is 12.8. The van der Waals surface area contributed by atoms with Gasteiger partial charge in [-0.1, -0.05) is 6.07 Å². The number of furan rings is 1. The van der Waals surface area contributed by atoms with Gasteiger partial charge in [0.25, 0.3) is 0 Å². The van der Waals surface area contributed by atoms with Gasteiger partial charge in [0.1, 0.15) is 5.76 Å². The molecule has 4 heteroatoms. The van der Waals surface area contributed by atoms with Crippen LogP contribution in [0.15, 0.2) is 34.9 Å². The normalized spacial score (nSPS) is 13.6. The van der Waals surface area contributed by atoms with Gasteiger partial charge in [0.05, 0.1) is 6.26 Å². The lowest BCUT2D eigenvalue weighted by Gasteiger charge is -2.18. The van der Waals surface area contributed by atoms with Crippen molar-refractivity contribution in [1.29, 1.82) is 0 Å². The highest BCUT2D eigenvalue weighted by Crippen LogP contribution is 2.32. The first-order valence-electron chi connectivity index (χ1n) is 6.87. The van der Waals surface area contributed by atoms with Crippen LogP contribution < -0.4 is 10.6 Å². The quantitative estimate of drug-likeness (QED) is 0.872. The van der Waals surface area contributed by atoms with Crippen molar-refractivity contribution in [3.05, 3.63) is 47.4 Å². The topological polar surface area (TPSA) is 59.5 Å². The number of fused-ring (bicyclic) bond motifs is 1. The minimum absolute atomic E-state index is 0.128. The van der Waals surface area contributed by atoms with Crippen LogP contribution in [0.3, 0.4) is 0 Å². The molecule has 0 saturated heterocycles. The zero-order chi connectivity index (χ0) is 14.1. The van der Waals surface area contributed by atoms with Crippen molar-refractivity contribution in [3.63, 3.8) is 0 Å². The summed E-state index contributed by atoms with van der Waals surface area (Å²) in [6.07, 6.45) is 3.64. The van der Waals surface area contributed by atoms with Crippen molar-refractivity contribution in [2.24, 2.45) is 0 Å². The summed E-state index contributed by atoms with van der Waals surface area (Å²) in [5, 5.41) is 0. The maximum atomic E-state index is 12.3. The molecule has 0 atom stereocenters. The number of carbonyl (C=O) groups is 1. The second-order valence-electron chi connectivity index (χ2n) is 5.21. The lowest BCUT2D eigenvalue weighted by atomic mass is 10.1. The van der Waals surface area contributed by atoms with Crippen molar-refractivity contribution in [2.75, 3.05) is 17.2 Å². The van der Waals surface area contributed by atoms with E-state index in [1.54, 1.807) is 6.26 Å². The molecule has 4 nitrogen and oxygen atoms in total. The van der Waals surface area contributed by atoms with Crippen LogP contribution in [0.5, 0.6) is 0 Å². The Morgan fingerprint density at radius 2 is 2.30 bits per heavy atom. The van der Waals surface area contributed by atoms with E-state index in [-0.39, 0.29) is 5.91 Å². The molecule has 1 aliphatic heterocycles. The number of hydrogen-bond donors (Lipinski definition) is 1. The number of aryl methyl sites for hydroxylation is 2. The summed E-state index contributed by atoms with van der Waals surface area (Å²) in [4.78, 5) is 14.2. The molecule has 1 aromatic heterocycles. The molecule has 2 aromatic rings.